The van der Waals surface area contributed by atoms with Gasteiger partial charge in [-0.1, -0.05) is 18.2 Å². The number of hydrogen-bond acceptors (Lipinski definition) is 3. The number of pyridine rings is 1. The third kappa shape index (κ3) is 2.32. The third-order valence-electron chi connectivity index (χ3n) is 3.74. The Kier molecular flexibility index (Phi) is 3.05. The van der Waals surface area contributed by atoms with Crippen LogP contribution < -0.4 is 0 Å². The fourth-order valence-electron chi connectivity index (χ4n) is 2.57. The highest BCUT2D eigenvalue weighted by atomic mass is 19.1. The van der Waals surface area contributed by atoms with Crippen LogP contribution in [-0.2, 0) is 0 Å². The number of halogens is 1. The molecule has 0 aliphatic rings. The minimum absolute atomic E-state index is 0.383. The van der Waals surface area contributed by atoms with Gasteiger partial charge in [-0.2, -0.15) is 5.10 Å². The third-order valence-corrected chi connectivity index (χ3v) is 3.74. The van der Waals surface area contributed by atoms with Crippen molar-refractivity contribution >= 4 is 10.9 Å². The molecule has 0 saturated heterocycles. The lowest BCUT2D eigenvalue weighted by molar-refractivity contribution is 0.433. The highest BCUT2D eigenvalue weighted by Gasteiger charge is 2.10. The summed E-state index contributed by atoms with van der Waals surface area (Å²) >= 11 is 0. The van der Waals surface area contributed by atoms with Crippen molar-refractivity contribution in [1.29, 1.82) is 0 Å². The summed E-state index contributed by atoms with van der Waals surface area (Å²) in [5, 5.41) is 14.5. The van der Waals surface area contributed by atoms with E-state index in [0.717, 1.165) is 16.8 Å². The van der Waals surface area contributed by atoms with Gasteiger partial charge in [0, 0.05) is 23.8 Å². The Morgan fingerprint density at radius 3 is 2.52 bits per heavy atom. The molecule has 4 nitrogen and oxygen atoms in total. The van der Waals surface area contributed by atoms with E-state index in [-0.39, 0.29) is 5.75 Å². The molecule has 0 amide bonds. The number of aromatic nitrogens is 3. The van der Waals surface area contributed by atoms with Crippen molar-refractivity contribution in [3.05, 3.63) is 72.9 Å². The topological polar surface area (TPSA) is 50.9 Å². The van der Waals surface area contributed by atoms with Gasteiger partial charge >= 0.3 is 0 Å². The lowest BCUT2D eigenvalue weighted by Gasteiger charge is -2.06. The molecule has 2 aromatic carbocycles. The second-order valence-electron chi connectivity index (χ2n) is 5.21. The summed E-state index contributed by atoms with van der Waals surface area (Å²) in [7, 11) is 0. The van der Waals surface area contributed by atoms with Gasteiger partial charge in [-0.15, -0.1) is 0 Å². The summed E-state index contributed by atoms with van der Waals surface area (Å²) in [6.07, 6.45) is 5.12. The summed E-state index contributed by atoms with van der Waals surface area (Å²) in [5.41, 5.74) is 3.56. The first-order valence-electron chi connectivity index (χ1n) is 7.09. The van der Waals surface area contributed by atoms with Crippen LogP contribution in [-0.4, -0.2) is 19.9 Å². The second-order valence-corrected chi connectivity index (χ2v) is 5.21. The Labute approximate surface area is 131 Å². The number of aromatic hydroxyl groups is 1. The van der Waals surface area contributed by atoms with Crippen LogP contribution in [0.15, 0.2) is 67.1 Å². The molecular weight excluding hydrogens is 293 g/mol. The maximum absolute atomic E-state index is 13.4. The van der Waals surface area contributed by atoms with Gasteiger partial charge in [0.15, 0.2) is 11.6 Å². The summed E-state index contributed by atoms with van der Waals surface area (Å²) in [5.74, 6) is -1.03. The van der Waals surface area contributed by atoms with Crippen LogP contribution in [0.4, 0.5) is 4.39 Å². The Balaban J connectivity index is 1.78. The van der Waals surface area contributed by atoms with E-state index < -0.39 is 5.82 Å². The van der Waals surface area contributed by atoms with Crippen LogP contribution in [0.3, 0.4) is 0 Å². The Morgan fingerprint density at radius 2 is 1.78 bits per heavy atom. The number of phenols is 1. The summed E-state index contributed by atoms with van der Waals surface area (Å²) in [6, 6.07) is 14.3. The van der Waals surface area contributed by atoms with Gasteiger partial charge in [0.1, 0.15) is 0 Å². The number of phenolic OH excluding ortho intramolecular Hbond substituents is 1. The minimum Gasteiger partial charge on any atom is -0.505 e. The van der Waals surface area contributed by atoms with Gasteiger partial charge in [-0.3, -0.25) is 4.98 Å². The summed E-state index contributed by atoms with van der Waals surface area (Å²) < 4.78 is 15.1. The molecule has 23 heavy (non-hydrogen) atoms. The van der Waals surface area contributed by atoms with Crippen LogP contribution in [0.2, 0.25) is 0 Å². The van der Waals surface area contributed by atoms with Crippen molar-refractivity contribution in [2.75, 3.05) is 0 Å². The van der Waals surface area contributed by atoms with E-state index >= 15 is 0 Å². The van der Waals surface area contributed by atoms with Crippen molar-refractivity contribution in [2.24, 2.45) is 0 Å². The predicted molar refractivity (Wildman–Crippen MR) is 85.9 cm³/mol. The van der Waals surface area contributed by atoms with Crippen molar-refractivity contribution in [3.63, 3.8) is 0 Å². The molecule has 0 atom stereocenters. The summed E-state index contributed by atoms with van der Waals surface area (Å²) in [4.78, 5) is 4.11. The molecule has 1 N–H and O–H groups in total. The number of fused-ring (bicyclic) bond motifs is 1. The van der Waals surface area contributed by atoms with Gasteiger partial charge in [0.25, 0.3) is 0 Å². The number of nitrogens with zero attached hydrogens (tertiary/aromatic N) is 3. The Morgan fingerprint density at radius 1 is 0.957 bits per heavy atom. The highest BCUT2D eigenvalue weighted by molar-refractivity contribution is 5.82. The van der Waals surface area contributed by atoms with Crippen LogP contribution in [0, 0.1) is 5.82 Å². The first kappa shape index (κ1) is 13.5. The molecule has 5 heteroatoms. The van der Waals surface area contributed by atoms with Crippen LogP contribution >= 0.6 is 0 Å². The monoisotopic (exact) mass is 305 g/mol. The lowest BCUT2D eigenvalue weighted by Crippen LogP contribution is -1.95. The zero-order valence-electron chi connectivity index (χ0n) is 12.0. The van der Waals surface area contributed by atoms with Crippen LogP contribution in [0.25, 0.3) is 27.7 Å². The Bertz CT molecular complexity index is 979. The van der Waals surface area contributed by atoms with E-state index in [1.165, 1.54) is 12.1 Å². The van der Waals surface area contributed by atoms with E-state index in [2.05, 4.69) is 10.1 Å². The smallest absolute Gasteiger partial charge is 0.165 e. The molecule has 4 aromatic rings. The molecule has 4 rings (SSSR count). The first-order valence-corrected chi connectivity index (χ1v) is 7.09. The standard InChI is InChI=1S/C18H12FN3O/c19-16-8-14-11-21-22(17(14)9-18(16)23)15-5-3-12(4-6-15)13-2-1-7-20-10-13/h1-11,23H. The Hall–Kier alpha value is -3.21. The lowest BCUT2D eigenvalue weighted by atomic mass is 10.1. The van der Waals surface area contributed by atoms with E-state index in [4.69, 9.17) is 0 Å². The van der Waals surface area contributed by atoms with Crippen molar-refractivity contribution in [3.8, 4) is 22.6 Å². The number of hydrogen-bond donors (Lipinski definition) is 1. The average molecular weight is 305 g/mol. The molecule has 0 radical (unpaired) electrons. The maximum Gasteiger partial charge on any atom is 0.165 e. The van der Waals surface area contributed by atoms with E-state index in [1.54, 1.807) is 23.3 Å². The fourth-order valence-corrected chi connectivity index (χ4v) is 2.57. The summed E-state index contributed by atoms with van der Waals surface area (Å²) in [6.45, 7) is 0. The molecular formula is C18H12FN3O. The van der Waals surface area contributed by atoms with E-state index in [1.807, 2.05) is 36.4 Å². The van der Waals surface area contributed by atoms with Gasteiger partial charge in [-0.05, 0) is 35.4 Å². The van der Waals surface area contributed by atoms with Crippen molar-refractivity contribution in [2.45, 2.75) is 0 Å². The quantitative estimate of drug-likeness (QED) is 0.610. The molecule has 0 bridgehead atoms. The average Bonchev–Trinajstić information content (AvgIpc) is 2.99. The normalized spacial score (nSPS) is 11.0. The number of rotatable bonds is 2. The van der Waals surface area contributed by atoms with Gasteiger partial charge < -0.3 is 5.11 Å². The van der Waals surface area contributed by atoms with Crippen molar-refractivity contribution in [1.82, 2.24) is 14.8 Å². The van der Waals surface area contributed by atoms with Gasteiger partial charge in [0.05, 0.1) is 17.4 Å². The van der Waals surface area contributed by atoms with E-state index in [0.29, 0.717) is 10.9 Å². The maximum atomic E-state index is 13.4. The zero-order chi connectivity index (χ0) is 15.8. The van der Waals surface area contributed by atoms with E-state index in [9.17, 15) is 9.50 Å². The largest absolute Gasteiger partial charge is 0.505 e. The minimum atomic E-state index is -0.649. The molecule has 0 aliphatic heterocycles. The molecule has 0 spiro atoms. The fraction of sp³-hybridized carbons (Fsp3) is 0. The first-order chi connectivity index (χ1) is 11.2. The number of benzene rings is 2. The van der Waals surface area contributed by atoms with Crippen molar-refractivity contribution < 1.29 is 9.50 Å². The van der Waals surface area contributed by atoms with Crippen LogP contribution in [0.1, 0.15) is 0 Å². The molecule has 0 saturated carbocycles. The molecule has 0 fully saturated rings. The second kappa shape index (κ2) is 5.21. The van der Waals surface area contributed by atoms with Crippen LogP contribution in [0.5, 0.6) is 5.75 Å². The zero-order valence-corrected chi connectivity index (χ0v) is 12.0. The molecule has 0 unspecified atom stereocenters. The van der Waals surface area contributed by atoms with Gasteiger partial charge in [0.2, 0.25) is 0 Å². The molecule has 2 heterocycles. The molecule has 2 aromatic heterocycles. The predicted octanol–water partition coefficient (Wildman–Crippen LogP) is 3.93. The molecule has 112 valence electrons. The van der Waals surface area contributed by atoms with Gasteiger partial charge in [-0.25, -0.2) is 9.07 Å². The highest BCUT2D eigenvalue weighted by Crippen LogP contribution is 2.26. The molecule has 0 aliphatic carbocycles. The SMILES string of the molecule is Oc1cc2c(cnn2-c2ccc(-c3cccnc3)cc2)cc1F.